The molecule has 132 valence electrons. The Morgan fingerprint density at radius 3 is 2.36 bits per heavy atom. The number of anilines is 2. The number of hydrogen-bond donors (Lipinski definition) is 2. The lowest BCUT2D eigenvalue weighted by atomic mass is 10.2. The molecule has 0 aromatic heterocycles. The smallest absolute Gasteiger partial charge is 0.262 e. The Bertz CT molecular complexity index is 764. The molecule has 0 bridgehead atoms. The summed E-state index contributed by atoms with van der Waals surface area (Å²) in [5.74, 6) is -0.495. The van der Waals surface area contributed by atoms with Crippen molar-refractivity contribution in [2.75, 3.05) is 23.8 Å². The van der Waals surface area contributed by atoms with E-state index in [-0.39, 0.29) is 18.2 Å². The second-order valence-corrected chi connectivity index (χ2v) is 5.09. The predicted octanol–water partition coefficient (Wildman–Crippen LogP) is 3.20. The van der Waals surface area contributed by atoms with Crippen molar-refractivity contribution in [1.29, 1.82) is 0 Å². The van der Waals surface area contributed by atoms with Crippen LogP contribution >= 0.6 is 0 Å². The highest BCUT2D eigenvalue weighted by Crippen LogP contribution is 2.26. The second-order valence-electron chi connectivity index (χ2n) is 5.09. The van der Waals surface area contributed by atoms with E-state index in [0.29, 0.717) is 23.8 Å². The summed E-state index contributed by atoms with van der Waals surface area (Å²) in [5, 5.41) is 4.93. The molecule has 25 heavy (non-hydrogen) atoms. The van der Waals surface area contributed by atoms with Crippen LogP contribution in [0.3, 0.4) is 0 Å². The van der Waals surface area contributed by atoms with Crippen LogP contribution in [0.2, 0.25) is 0 Å². The Kier molecular flexibility index (Phi) is 6.33. The van der Waals surface area contributed by atoms with E-state index in [1.807, 2.05) is 6.92 Å². The molecule has 2 aromatic carbocycles. The summed E-state index contributed by atoms with van der Waals surface area (Å²) in [6.45, 7) is 3.33. The van der Waals surface area contributed by atoms with Crippen LogP contribution in [0.5, 0.6) is 11.5 Å². The third-order valence-corrected chi connectivity index (χ3v) is 3.07. The van der Waals surface area contributed by atoms with Gasteiger partial charge in [0.1, 0.15) is 5.82 Å². The summed E-state index contributed by atoms with van der Waals surface area (Å²) < 4.78 is 24.6. The van der Waals surface area contributed by atoms with E-state index in [0.717, 1.165) is 6.07 Å². The second kappa shape index (κ2) is 8.68. The Morgan fingerprint density at radius 1 is 1.04 bits per heavy atom. The van der Waals surface area contributed by atoms with Gasteiger partial charge in [-0.15, -0.1) is 0 Å². The van der Waals surface area contributed by atoms with Crippen molar-refractivity contribution in [3.05, 3.63) is 48.3 Å². The molecule has 0 heterocycles. The maximum atomic E-state index is 13.8. The fourth-order valence-electron chi connectivity index (χ4n) is 2.08. The van der Waals surface area contributed by atoms with Gasteiger partial charge >= 0.3 is 0 Å². The number of hydrogen-bond acceptors (Lipinski definition) is 4. The first-order valence-corrected chi connectivity index (χ1v) is 7.71. The Morgan fingerprint density at radius 2 is 1.72 bits per heavy atom. The Balaban J connectivity index is 2.00. The number of nitrogens with one attached hydrogen (secondary N) is 2. The lowest BCUT2D eigenvalue weighted by Crippen LogP contribution is -2.21. The number of carbonyl (C=O) groups is 2. The fraction of sp³-hybridized carbons (Fsp3) is 0.222. The first-order valence-electron chi connectivity index (χ1n) is 7.71. The van der Waals surface area contributed by atoms with Gasteiger partial charge in [0.2, 0.25) is 5.91 Å². The molecule has 2 amide bonds. The molecule has 6 nitrogen and oxygen atoms in total. The van der Waals surface area contributed by atoms with Gasteiger partial charge in [-0.25, -0.2) is 4.39 Å². The highest BCUT2D eigenvalue weighted by atomic mass is 19.1. The summed E-state index contributed by atoms with van der Waals surface area (Å²) in [6, 6.07) is 10.9. The summed E-state index contributed by atoms with van der Waals surface area (Å²) in [4.78, 5) is 23.1. The number of carbonyl (C=O) groups excluding carboxylic acids is 2. The molecule has 0 fully saturated rings. The van der Waals surface area contributed by atoms with Gasteiger partial charge in [-0.2, -0.15) is 0 Å². The van der Waals surface area contributed by atoms with Crippen LogP contribution in [-0.4, -0.2) is 25.0 Å². The molecule has 0 aliphatic carbocycles. The lowest BCUT2D eigenvalue weighted by Gasteiger charge is -2.12. The zero-order valence-corrected chi connectivity index (χ0v) is 14.0. The monoisotopic (exact) mass is 346 g/mol. The summed E-state index contributed by atoms with van der Waals surface area (Å²) in [5.41, 5.74) is 0.338. The first kappa shape index (κ1) is 18.3. The molecule has 0 saturated heterocycles. The normalized spacial score (nSPS) is 10.0. The van der Waals surface area contributed by atoms with Gasteiger partial charge < -0.3 is 20.1 Å². The third kappa shape index (κ3) is 5.49. The van der Waals surface area contributed by atoms with Crippen LogP contribution in [0, 0.1) is 5.82 Å². The zero-order valence-electron chi connectivity index (χ0n) is 14.0. The molecular weight excluding hydrogens is 327 g/mol. The average Bonchev–Trinajstić information content (AvgIpc) is 2.57. The molecule has 0 aliphatic heterocycles. The number of rotatable bonds is 7. The van der Waals surface area contributed by atoms with Gasteiger partial charge in [-0.1, -0.05) is 12.1 Å². The van der Waals surface area contributed by atoms with Crippen molar-refractivity contribution in [2.45, 2.75) is 13.8 Å². The van der Waals surface area contributed by atoms with E-state index in [1.165, 1.54) is 19.1 Å². The highest BCUT2D eigenvalue weighted by molar-refractivity contribution is 5.94. The molecular formula is C18H19FN2O4. The Hall–Kier alpha value is -3.09. The zero-order chi connectivity index (χ0) is 18.2. The van der Waals surface area contributed by atoms with Crippen molar-refractivity contribution in [3.63, 3.8) is 0 Å². The van der Waals surface area contributed by atoms with Crippen LogP contribution in [0.4, 0.5) is 15.8 Å². The van der Waals surface area contributed by atoms with Crippen LogP contribution in [0.15, 0.2) is 42.5 Å². The Labute approximate surface area is 144 Å². The largest absolute Gasteiger partial charge is 0.490 e. The van der Waals surface area contributed by atoms with Crippen molar-refractivity contribution in [2.24, 2.45) is 0 Å². The van der Waals surface area contributed by atoms with Gasteiger partial charge in [0.15, 0.2) is 18.1 Å². The molecule has 2 aromatic rings. The van der Waals surface area contributed by atoms with Gasteiger partial charge in [-0.3, -0.25) is 9.59 Å². The molecule has 0 unspecified atom stereocenters. The summed E-state index contributed by atoms with van der Waals surface area (Å²) in [6.07, 6.45) is 0. The first-order chi connectivity index (χ1) is 12.0. The van der Waals surface area contributed by atoms with Crippen LogP contribution in [0.1, 0.15) is 13.8 Å². The van der Waals surface area contributed by atoms with Crippen LogP contribution in [-0.2, 0) is 9.59 Å². The molecule has 2 rings (SSSR count). The minimum Gasteiger partial charge on any atom is -0.490 e. The molecule has 7 heteroatoms. The summed E-state index contributed by atoms with van der Waals surface area (Å²) >= 11 is 0. The number of para-hydroxylation sites is 2. The molecule has 0 atom stereocenters. The van der Waals surface area contributed by atoms with Crippen LogP contribution in [0.25, 0.3) is 0 Å². The van der Waals surface area contributed by atoms with Crippen molar-refractivity contribution < 1.29 is 23.5 Å². The van der Waals surface area contributed by atoms with E-state index in [2.05, 4.69) is 10.6 Å². The quantitative estimate of drug-likeness (QED) is 0.807. The maximum Gasteiger partial charge on any atom is 0.262 e. The van der Waals surface area contributed by atoms with E-state index < -0.39 is 11.7 Å². The molecule has 0 aliphatic rings. The van der Waals surface area contributed by atoms with Crippen LogP contribution < -0.4 is 20.1 Å². The number of benzene rings is 2. The topological polar surface area (TPSA) is 76.7 Å². The molecule has 0 saturated carbocycles. The minimum absolute atomic E-state index is 0.0436. The third-order valence-electron chi connectivity index (χ3n) is 3.07. The van der Waals surface area contributed by atoms with E-state index in [1.54, 1.807) is 24.3 Å². The van der Waals surface area contributed by atoms with Gasteiger partial charge in [-0.05, 0) is 37.3 Å². The molecule has 0 spiro atoms. The van der Waals surface area contributed by atoms with E-state index >= 15 is 0 Å². The number of ether oxygens (including phenoxy) is 2. The number of amides is 2. The van der Waals surface area contributed by atoms with Crippen molar-refractivity contribution >= 4 is 23.2 Å². The molecule has 0 radical (unpaired) electrons. The van der Waals surface area contributed by atoms with Gasteiger partial charge in [0, 0.05) is 12.6 Å². The standard InChI is InChI=1S/C18H19FN2O4/c1-3-24-16-6-4-5-7-17(16)25-11-18(23)21-15-10-13(20-12(2)22)8-9-14(15)19/h4-10H,3,11H2,1-2H3,(H,20,22)(H,21,23). The lowest BCUT2D eigenvalue weighted by molar-refractivity contribution is -0.118. The van der Waals surface area contributed by atoms with E-state index in [4.69, 9.17) is 9.47 Å². The SMILES string of the molecule is CCOc1ccccc1OCC(=O)Nc1cc(NC(C)=O)ccc1F. The van der Waals surface area contributed by atoms with Crippen molar-refractivity contribution in [3.8, 4) is 11.5 Å². The van der Waals surface area contributed by atoms with Crippen molar-refractivity contribution in [1.82, 2.24) is 0 Å². The van der Waals surface area contributed by atoms with Gasteiger partial charge in [0.25, 0.3) is 5.91 Å². The predicted molar refractivity (Wildman–Crippen MR) is 92.4 cm³/mol. The average molecular weight is 346 g/mol. The minimum atomic E-state index is -0.614. The van der Waals surface area contributed by atoms with Gasteiger partial charge in [0.05, 0.1) is 12.3 Å². The van der Waals surface area contributed by atoms with E-state index in [9.17, 15) is 14.0 Å². The maximum absolute atomic E-state index is 13.8. The summed E-state index contributed by atoms with van der Waals surface area (Å²) in [7, 11) is 0. The fourth-order valence-corrected chi connectivity index (χ4v) is 2.08. The molecule has 2 N–H and O–H groups in total. The highest BCUT2D eigenvalue weighted by Gasteiger charge is 2.11. The number of halogens is 1.